The van der Waals surface area contributed by atoms with E-state index in [4.69, 9.17) is 0 Å². The molecule has 6 heteroatoms. The minimum absolute atomic E-state index is 0.293. The Morgan fingerprint density at radius 3 is 2.54 bits per heavy atom. The molecule has 1 aliphatic carbocycles. The Balaban J connectivity index is 2.75. The lowest BCUT2D eigenvalue weighted by Gasteiger charge is -2.20. The second-order valence-electron chi connectivity index (χ2n) is 3.84. The SMILES string of the molecule is CC1(C[N+](=O)[O-])CCCC1[N+](=O)[O-]. The van der Waals surface area contributed by atoms with Gasteiger partial charge in [-0.3, -0.25) is 20.2 Å². The van der Waals surface area contributed by atoms with Gasteiger partial charge in [0.05, 0.1) is 5.41 Å². The summed E-state index contributed by atoms with van der Waals surface area (Å²) in [5.41, 5.74) is -0.743. The molecular formula is C7H12N2O4. The summed E-state index contributed by atoms with van der Waals surface area (Å²) in [5, 5.41) is 20.9. The van der Waals surface area contributed by atoms with Crippen molar-refractivity contribution in [1.29, 1.82) is 0 Å². The summed E-state index contributed by atoms with van der Waals surface area (Å²) in [4.78, 5) is 20.1. The summed E-state index contributed by atoms with van der Waals surface area (Å²) >= 11 is 0. The zero-order valence-electron chi connectivity index (χ0n) is 7.43. The van der Waals surface area contributed by atoms with E-state index in [2.05, 4.69) is 0 Å². The highest BCUT2D eigenvalue weighted by Gasteiger charge is 2.50. The third-order valence-electron chi connectivity index (χ3n) is 2.77. The average Bonchev–Trinajstić information content (AvgIpc) is 2.28. The van der Waals surface area contributed by atoms with Crippen LogP contribution in [0.2, 0.25) is 0 Å². The van der Waals surface area contributed by atoms with Crippen LogP contribution in [0.15, 0.2) is 0 Å². The van der Waals surface area contributed by atoms with Crippen molar-refractivity contribution in [3.05, 3.63) is 20.2 Å². The van der Waals surface area contributed by atoms with Crippen LogP contribution in [0.3, 0.4) is 0 Å². The lowest BCUT2D eigenvalue weighted by molar-refractivity contribution is -0.564. The van der Waals surface area contributed by atoms with E-state index in [9.17, 15) is 20.2 Å². The lowest BCUT2D eigenvalue weighted by Crippen LogP contribution is -2.39. The van der Waals surface area contributed by atoms with Crippen molar-refractivity contribution >= 4 is 0 Å². The van der Waals surface area contributed by atoms with Gasteiger partial charge in [-0.25, -0.2) is 0 Å². The Kier molecular flexibility index (Phi) is 2.49. The van der Waals surface area contributed by atoms with Crippen LogP contribution < -0.4 is 0 Å². The van der Waals surface area contributed by atoms with Gasteiger partial charge in [0.2, 0.25) is 12.6 Å². The minimum atomic E-state index is -0.743. The van der Waals surface area contributed by atoms with Crippen LogP contribution in [0.25, 0.3) is 0 Å². The summed E-state index contributed by atoms with van der Waals surface area (Å²) in [7, 11) is 0. The van der Waals surface area contributed by atoms with Crippen LogP contribution in [0.4, 0.5) is 0 Å². The molecule has 2 unspecified atom stereocenters. The van der Waals surface area contributed by atoms with Crippen molar-refractivity contribution in [3.63, 3.8) is 0 Å². The van der Waals surface area contributed by atoms with Crippen LogP contribution in [0.5, 0.6) is 0 Å². The van der Waals surface area contributed by atoms with E-state index in [-0.39, 0.29) is 11.5 Å². The Morgan fingerprint density at radius 1 is 1.46 bits per heavy atom. The Hall–Kier alpha value is -1.20. The summed E-state index contributed by atoms with van der Waals surface area (Å²) in [6.45, 7) is 1.34. The van der Waals surface area contributed by atoms with E-state index in [1.165, 1.54) is 0 Å². The first-order valence-electron chi connectivity index (χ1n) is 4.21. The molecule has 1 saturated carbocycles. The van der Waals surface area contributed by atoms with Crippen LogP contribution in [-0.4, -0.2) is 22.4 Å². The van der Waals surface area contributed by atoms with Crippen molar-refractivity contribution in [2.45, 2.75) is 32.2 Å². The number of hydrogen-bond acceptors (Lipinski definition) is 4. The fourth-order valence-corrected chi connectivity index (χ4v) is 2.05. The zero-order valence-corrected chi connectivity index (χ0v) is 7.43. The van der Waals surface area contributed by atoms with Crippen LogP contribution >= 0.6 is 0 Å². The fourth-order valence-electron chi connectivity index (χ4n) is 2.05. The highest BCUT2D eigenvalue weighted by atomic mass is 16.6. The molecular weight excluding hydrogens is 176 g/mol. The molecule has 13 heavy (non-hydrogen) atoms. The first kappa shape index (κ1) is 9.88. The topological polar surface area (TPSA) is 86.3 Å². The molecule has 1 rings (SSSR count). The molecule has 0 aromatic rings. The van der Waals surface area contributed by atoms with Gasteiger partial charge >= 0.3 is 0 Å². The largest absolute Gasteiger partial charge is 0.265 e. The summed E-state index contributed by atoms with van der Waals surface area (Å²) < 4.78 is 0. The summed E-state index contributed by atoms with van der Waals surface area (Å²) in [6.07, 6.45) is 1.77. The van der Waals surface area contributed by atoms with E-state index in [0.29, 0.717) is 12.8 Å². The number of nitro groups is 2. The molecule has 0 saturated heterocycles. The Labute approximate surface area is 75.2 Å². The number of hydrogen-bond donors (Lipinski definition) is 0. The predicted octanol–water partition coefficient (Wildman–Crippen LogP) is 1.10. The maximum Gasteiger partial charge on any atom is 0.224 e. The molecule has 0 aliphatic heterocycles. The molecule has 1 fully saturated rings. The zero-order chi connectivity index (χ0) is 10.1. The maximum absolute atomic E-state index is 10.6. The molecule has 0 amide bonds. The van der Waals surface area contributed by atoms with E-state index in [0.717, 1.165) is 6.42 Å². The second-order valence-corrected chi connectivity index (χ2v) is 3.84. The van der Waals surface area contributed by atoms with Crippen molar-refractivity contribution in [3.8, 4) is 0 Å². The second kappa shape index (κ2) is 3.27. The third-order valence-corrected chi connectivity index (χ3v) is 2.77. The van der Waals surface area contributed by atoms with Gasteiger partial charge in [-0.1, -0.05) is 0 Å². The Bertz CT molecular complexity index is 243. The highest BCUT2D eigenvalue weighted by molar-refractivity contribution is 4.88. The fraction of sp³-hybridized carbons (Fsp3) is 1.00. The first-order valence-corrected chi connectivity index (χ1v) is 4.21. The van der Waals surface area contributed by atoms with Crippen LogP contribution in [0.1, 0.15) is 26.2 Å². The normalized spacial score (nSPS) is 33.2. The van der Waals surface area contributed by atoms with Crippen LogP contribution in [-0.2, 0) is 0 Å². The van der Waals surface area contributed by atoms with Gasteiger partial charge in [0, 0.05) is 16.3 Å². The lowest BCUT2D eigenvalue weighted by atomic mass is 9.85. The summed E-state index contributed by atoms with van der Waals surface area (Å²) in [5.74, 6) is 0. The molecule has 6 nitrogen and oxygen atoms in total. The van der Waals surface area contributed by atoms with Crippen LogP contribution in [0, 0.1) is 25.6 Å². The van der Waals surface area contributed by atoms with Gasteiger partial charge < -0.3 is 0 Å². The maximum atomic E-state index is 10.6. The average molecular weight is 188 g/mol. The molecule has 0 aromatic carbocycles. The van der Waals surface area contributed by atoms with Gasteiger partial charge in [0.25, 0.3) is 0 Å². The molecule has 0 bridgehead atoms. The van der Waals surface area contributed by atoms with E-state index >= 15 is 0 Å². The molecule has 0 N–H and O–H groups in total. The van der Waals surface area contributed by atoms with Crippen molar-refractivity contribution in [2.24, 2.45) is 5.41 Å². The Morgan fingerprint density at radius 2 is 2.08 bits per heavy atom. The molecule has 0 radical (unpaired) electrons. The van der Waals surface area contributed by atoms with E-state index in [1.54, 1.807) is 6.92 Å². The predicted molar refractivity (Wildman–Crippen MR) is 44.6 cm³/mol. The van der Waals surface area contributed by atoms with Gasteiger partial charge in [0.15, 0.2) is 0 Å². The quantitative estimate of drug-likeness (QED) is 0.490. The van der Waals surface area contributed by atoms with E-state index < -0.39 is 16.4 Å². The standard InChI is InChI=1S/C7H12N2O4/c1-7(5-8(10)11)4-2-3-6(7)9(12)13/h6H,2-5H2,1H3. The van der Waals surface area contributed by atoms with Crippen molar-refractivity contribution < 1.29 is 9.85 Å². The smallest absolute Gasteiger partial charge is 0.224 e. The molecule has 1 aliphatic rings. The van der Waals surface area contributed by atoms with Gasteiger partial charge in [0.1, 0.15) is 0 Å². The molecule has 2 atom stereocenters. The van der Waals surface area contributed by atoms with Gasteiger partial charge in [-0.05, 0) is 19.8 Å². The first-order chi connectivity index (χ1) is 5.96. The number of nitrogens with zero attached hydrogens (tertiary/aromatic N) is 2. The van der Waals surface area contributed by atoms with Crippen molar-refractivity contribution in [1.82, 2.24) is 0 Å². The van der Waals surface area contributed by atoms with Crippen molar-refractivity contribution in [2.75, 3.05) is 6.54 Å². The van der Waals surface area contributed by atoms with E-state index in [1.807, 2.05) is 0 Å². The number of rotatable bonds is 3. The molecule has 74 valence electrons. The monoisotopic (exact) mass is 188 g/mol. The minimum Gasteiger partial charge on any atom is -0.265 e. The highest BCUT2D eigenvalue weighted by Crippen LogP contribution is 2.39. The molecule has 0 aromatic heterocycles. The van der Waals surface area contributed by atoms with Gasteiger partial charge in [-0.15, -0.1) is 0 Å². The molecule has 0 heterocycles. The summed E-state index contributed by atoms with van der Waals surface area (Å²) in [6, 6.07) is -0.738. The third kappa shape index (κ3) is 1.93. The van der Waals surface area contributed by atoms with Gasteiger partial charge in [-0.2, -0.15) is 0 Å². The molecule has 0 spiro atoms.